The zero-order valence-corrected chi connectivity index (χ0v) is 11.1. The second kappa shape index (κ2) is 8.05. The van der Waals surface area contributed by atoms with Crippen LogP contribution in [0.25, 0.3) is 0 Å². The van der Waals surface area contributed by atoms with Gasteiger partial charge >= 0.3 is 5.97 Å². The molecule has 0 aliphatic carbocycles. The highest BCUT2D eigenvalue weighted by atomic mass is 16.5. The summed E-state index contributed by atoms with van der Waals surface area (Å²) in [6, 6.07) is -0.529. The summed E-state index contributed by atoms with van der Waals surface area (Å²) in [7, 11) is 3.04. The van der Waals surface area contributed by atoms with Gasteiger partial charge in [0.15, 0.2) is 0 Å². The molecule has 0 spiro atoms. The van der Waals surface area contributed by atoms with E-state index in [-0.39, 0.29) is 18.4 Å². The van der Waals surface area contributed by atoms with Crippen molar-refractivity contribution in [3.63, 3.8) is 0 Å². The third-order valence-electron chi connectivity index (χ3n) is 3.19. The van der Waals surface area contributed by atoms with Crippen molar-refractivity contribution >= 4 is 11.9 Å². The lowest BCUT2D eigenvalue weighted by Crippen LogP contribution is -2.46. The highest BCUT2D eigenvalue weighted by Gasteiger charge is 2.26. The maximum Gasteiger partial charge on any atom is 0.328 e. The number of amides is 1. The number of carbonyl (C=O) groups excluding carboxylic acids is 2. The molecule has 1 fully saturated rings. The number of rotatable bonds is 6. The van der Waals surface area contributed by atoms with Crippen molar-refractivity contribution in [1.82, 2.24) is 16.0 Å². The average Bonchev–Trinajstić information content (AvgIpc) is 2.38. The van der Waals surface area contributed by atoms with Crippen LogP contribution in [0.1, 0.15) is 19.3 Å². The molecule has 18 heavy (non-hydrogen) atoms. The van der Waals surface area contributed by atoms with E-state index in [9.17, 15) is 9.59 Å². The molecule has 6 nitrogen and oxygen atoms in total. The summed E-state index contributed by atoms with van der Waals surface area (Å²) in [6.07, 6.45) is 2.73. The third-order valence-corrected chi connectivity index (χ3v) is 3.19. The first-order valence-corrected chi connectivity index (χ1v) is 6.40. The fourth-order valence-electron chi connectivity index (χ4n) is 2.21. The first-order valence-electron chi connectivity index (χ1n) is 6.40. The maximum atomic E-state index is 11.7. The second-order valence-electron chi connectivity index (χ2n) is 4.60. The molecule has 0 aromatic rings. The van der Waals surface area contributed by atoms with Crippen molar-refractivity contribution in [3.8, 4) is 0 Å². The van der Waals surface area contributed by atoms with E-state index in [0.29, 0.717) is 12.3 Å². The fourth-order valence-corrected chi connectivity index (χ4v) is 2.21. The van der Waals surface area contributed by atoms with Crippen LogP contribution < -0.4 is 16.0 Å². The molecule has 1 atom stereocenters. The van der Waals surface area contributed by atoms with Gasteiger partial charge in [-0.2, -0.15) is 0 Å². The van der Waals surface area contributed by atoms with Crippen molar-refractivity contribution < 1.29 is 14.3 Å². The summed E-state index contributed by atoms with van der Waals surface area (Å²) in [4.78, 5) is 23.2. The van der Waals surface area contributed by atoms with E-state index >= 15 is 0 Å². The molecule has 1 heterocycles. The van der Waals surface area contributed by atoms with Crippen molar-refractivity contribution in [3.05, 3.63) is 0 Å². The lowest BCUT2D eigenvalue weighted by Gasteiger charge is -2.26. The van der Waals surface area contributed by atoms with Crippen LogP contribution in [0, 0.1) is 5.92 Å². The Morgan fingerprint density at radius 2 is 2.06 bits per heavy atom. The Morgan fingerprint density at radius 1 is 1.39 bits per heavy atom. The van der Waals surface area contributed by atoms with E-state index in [4.69, 9.17) is 4.74 Å². The minimum absolute atomic E-state index is 0.179. The van der Waals surface area contributed by atoms with E-state index in [1.807, 2.05) is 0 Å². The minimum Gasteiger partial charge on any atom is -0.467 e. The molecule has 3 N–H and O–H groups in total. The van der Waals surface area contributed by atoms with Gasteiger partial charge in [0, 0.05) is 0 Å². The van der Waals surface area contributed by atoms with Gasteiger partial charge in [-0.1, -0.05) is 0 Å². The van der Waals surface area contributed by atoms with E-state index in [1.54, 1.807) is 7.05 Å². The molecule has 0 radical (unpaired) electrons. The van der Waals surface area contributed by atoms with Gasteiger partial charge < -0.3 is 20.7 Å². The monoisotopic (exact) mass is 257 g/mol. The number of hydrogen-bond donors (Lipinski definition) is 3. The third kappa shape index (κ3) is 5.01. The summed E-state index contributed by atoms with van der Waals surface area (Å²) in [5.74, 6) is -0.0787. The number of esters is 1. The van der Waals surface area contributed by atoms with E-state index in [1.165, 1.54) is 7.11 Å². The zero-order valence-electron chi connectivity index (χ0n) is 11.1. The smallest absolute Gasteiger partial charge is 0.328 e. The van der Waals surface area contributed by atoms with E-state index < -0.39 is 6.04 Å². The van der Waals surface area contributed by atoms with Crippen molar-refractivity contribution in [2.24, 2.45) is 5.92 Å². The van der Waals surface area contributed by atoms with Gasteiger partial charge in [0.1, 0.15) is 6.04 Å². The molecule has 0 bridgehead atoms. The normalized spacial score (nSPS) is 18.1. The molecule has 6 heteroatoms. The van der Waals surface area contributed by atoms with Crippen molar-refractivity contribution in [2.75, 3.05) is 33.8 Å². The Bertz CT molecular complexity index is 278. The van der Waals surface area contributed by atoms with Crippen LogP contribution in [0.4, 0.5) is 0 Å². The van der Waals surface area contributed by atoms with E-state index in [2.05, 4.69) is 16.0 Å². The number of nitrogens with one attached hydrogen (secondary N) is 3. The molecule has 1 aliphatic heterocycles. The summed E-state index contributed by atoms with van der Waals surface area (Å²) >= 11 is 0. The minimum atomic E-state index is -0.529. The van der Waals surface area contributed by atoms with Gasteiger partial charge in [0.05, 0.1) is 13.7 Å². The lowest BCUT2D eigenvalue weighted by atomic mass is 9.91. The first-order chi connectivity index (χ1) is 8.67. The van der Waals surface area contributed by atoms with Crippen LogP contribution in [0.2, 0.25) is 0 Å². The summed E-state index contributed by atoms with van der Waals surface area (Å²) < 4.78 is 4.74. The molecule has 1 rings (SSSR count). The Balaban J connectivity index is 2.48. The fraction of sp³-hybridized carbons (Fsp3) is 0.833. The quantitative estimate of drug-likeness (QED) is 0.546. The van der Waals surface area contributed by atoms with Gasteiger partial charge in [-0.05, 0) is 45.3 Å². The summed E-state index contributed by atoms with van der Waals surface area (Å²) in [6.45, 7) is 2.16. The first kappa shape index (κ1) is 14.9. The largest absolute Gasteiger partial charge is 0.467 e. The van der Waals surface area contributed by atoms with Gasteiger partial charge in [-0.25, -0.2) is 4.79 Å². The predicted octanol–water partition coefficient (Wildman–Crippen LogP) is -0.747. The molecule has 1 aliphatic rings. The van der Waals surface area contributed by atoms with Crippen LogP contribution in [0.15, 0.2) is 0 Å². The highest BCUT2D eigenvalue weighted by Crippen LogP contribution is 2.18. The SMILES string of the molecule is CNCC(=O)NC(CC1CCNCC1)C(=O)OC. The zero-order chi connectivity index (χ0) is 13.4. The Labute approximate surface area is 108 Å². The second-order valence-corrected chi connectivity index (χ2v) is 4.60. The van der Waals surface area contributed by atoms with Crippen LogP contribution in [0.5, 0.6) is 0 Å². The molecule has 0 aromatic heterocycles. The van der Waals surface area contributed by atoms with Crippen molar-refractivity contribution in [2.45, 2.75) is 25.3 Å². The molecule has 0 aromatic carbocycles. The molecule has 1 amide bonds. The number of likely N-dealkylation sites (N-methyl/N-ethyl adjacent to an activating group) is 1. The number of carbonyl (C=O) groups is 2. The van der Waals surface area contributed by atoms with Crippen LogP contribution >= 0.6 is 0 Å². The number of methoxy groups -OCH3 is 1. The van der Waals surface area contributed by atoms with Gasteiger partial charge in [0.25, 0.3) is 0 Å². The molecular weight excluding hydrogens is 234 g/mol. The van der Waals surface area contributed by atoms with Crippen molar-refractivity contribution in [1.29, 1.82) is 0 Å². The summed E-state index contributed by atoms with van der Waals surface area (Å²) in [5.41, 5.74) is 0. The molecule has 1 saturated heterocycles. The maximum absolute atomic E-state index is 11.7. The number of piperidine rings is 1. The standard InChI is InChI=1S/C12H23N3O3/c1-13-8-11(16)15-10(12(17)18-2)7-9-3-5-14-6-4-9/h9-10,13-14H,3-8H2,1-2H3,(H,15,16). The lowest BCUT2D eigenvalue weighted by molar-refractivity contribution is -0.145. The van der Waals surface area contributed by atoms with Crippen LogP contribution in [0.3, 0.4) is 0 Å². The van der Waals surface area contributed by atoms with Gasteiger partial charge in [-0.15, -0.1) is 0 Å². The average molecular weight is 257 g/mol. The summed E-state index contributed by atoms with van der Waals surface area (Å²) in [5, 5.41) is 8.76. The predicted molar refractivity (Wildman–Crippen MR) is 68.1 cm³/mol. The molecule has 104 valence electrons. The highest BCUT2D eigenvalue weighted by molar-refractivity contribution is 5.85. The molecular formula is C12H23N3O3. The van der Waals surface area contributed by atoms with Crippen LogP contribution in [-0.4, -0.2) is 51.7 Å². The van der Waals surface area contributed by atoms with Crippen LogP contribution in [-0.2, 0) is 14.3 Å². The van der Waals surface area contributed by atoms with Gasteiger partial charge in [0.2, 0.25) is 5.91 Å². The Kier molecular flexibility index (Phi) is 6.67. The van der Waals surface area contributed by atoms with E-state index in [0.717, 1.165) is 25.9 Å². The topological polar surface area (TPSA) is 79.5 Å². The number of ether oxygens (including phenoxy) is 1. The molecule has 1 unspecified atom stereocenters. The number of hydrogen-bond acceptors (Lipinski definition) is 5. The van der Waals surface area contributed by atoms with Gasteiger partial charge in [-0.3, -0.25) is 4.79 Å². The molecule has 0 saturated carbocycles. The Hall–Kier alpha value is -1.14. The Morgan fingerprint density at radius 3 is 2.61 bits per heavy atom.